The number of ketones is 1. The molecule has 0 aromatic carbocycles. The van der Waals surface area contributed by atoms with Crippen molar-refractivity contribution in [1.29, 1.82) is 0 Å². The van der Waals surface area contributed by atoms with Crippen LogP contribution >= 0.6 is 23.1 Å². The molecule has 0 atom stereocenters. The smallest absolute Gasteiger partial charge is 0.263 e. The maximum absolute atomic E-state index is 13.1. The predicted octanol–water partition coefficient (Wildman–Crippen LogP) is 5.07. The summed E-state index contributed by atoms with van der Waals surface area (Å²) in [5.41, 5.74) is 3.85. The lowest BCUT2D eigenvalue weighted by Crippen LogP contribution is -2.25. The quantitative estimate of drug-likeness (QED) is 0.319. The second kappa shape index (κ2) is 7.87. The molecule has 0 spiro atoms. The number of thioether (sulfide) groups is 1. The van der Waals surface area contributed by atoms with Crippen LogP contribution in [0.1, 0.15) is 59.0 Å². The summed E-state index contributed by atoms with van der Waals surface area (Å²) in [5.74, 6) is 0.336. The monoisotopic (exact) mass is 417 g/mol. The summed E-state index contributed by atoms with van der Waals surface area (Å²) in [6.07, 6.45) is 0. The molecule has 150 valence electrons. The van der Waals surface area contributed by atoms with E-state index in [1.165, 1.54) is 11.8 Å². The first-order chi connectivity index (χ1) is 13.2. The number of fused-ring (bicyclic) bond motifs is 1. The minimum atomic E-state index is -0.0215. The van der Waals surface area contributed by atoms with Crippen molar-refractivity contribution in [3.05, 3.63) is 43.8 Å². The zero-order chi connectivity index (χ0) is 20.7. The number of Topliss-reactive ketones (excluding diaryl/α,β-unsaturated/α-hetero) is 1. The van der Waals surface area contributed by atoms with Gasteiger partial charge in [-0.15, -0.1) is 11.3 Å². The van der Waals surface area contributed by atoms with Gasteiger partial charge in [0.2, 0.25) is 0 Å². The van der Waals surface area contributed by atoms with Gasteiger partial charge in [-0.25, -0.2) is 4.98 Å². The molecular formula is C21H27N3O2S2. The molecular weight excluding hydrogens is 390 g/mol. The van der Waals surface area contributed by atoms with Crippen LogP contribution in [0.15, 0.2) is 16.0 Å². The largest absolute Gasteiger partial charge is 0.349 e. The van der Waals surface area contributed by atoms with Gasteiger partial charge < -0.3 is 4.57 Å². The van der Waals surface area contributed by atoms with E-state index in [1.54, 1.807) is 15.9 Å². The van der Waals surface area contributed by atoms with E-state index in [-0.39, 0.29) is 23.1 Å². The minimum Gasteiger partial charge on any atom is -0.349 e. The van der Waals surface area contributed by atoms with Crippen molar-refractivity contribution >= 4 is 39.1 Å². The summed E-state index contributed by atoms with van der Waals surface area (Å²) in [6.45, 7) is 14.9. The number of carbonyl (C=O) groups excluding carboxylic acids is 1. The molecule has 3 aromatic heterocycles. The Morgan fingerprint density at radius 3 is 2.50 bits per heavy atom. The summed E-state index contributed by atoms with van der Waals surface area (Å²) in [7, 11) is 0. The molecule has 0 aliphatic rings. The van der Waals surface area contributed by atoms with Crippen molar-refractivity contribution < 1.29 is 4.79 Å². The molecule has 0 bridgehead atoms. The lowest BCUT2D eigenvalue weighted by molar-refractivity contribution is 0.102. The standard InChI is InChI=1S/C21H27N3O2S2/c1-8-23-12(4)9-16(14(23)6)17(25)10-27-21-22-19-18(13(5)15(7)28-19)20(26)24(21)11(2)3/h9,11H,8,10H2,1-7H3. The molecule has 0 N–H and O–H groups in total. The van der Waals surface area contributed by atoms with Crippen molar-refractivity contribution in [2.24, 2.45) is 0 Å². The maximum Gasteiger partial charge on any atom is 0.263 e. The van der Waals surface area contributed by atoms with Crippen LogP contribution in [0.25, 0.3) is 10.2 Å². The molecule has 0 fully saturated rings. The summed E-state index contributed by atoms with van der Waals surface area (Å²) in [6, 6.07) is 1.94. The van der Waals surface area contributed by atoms with Gasteiger partial charge in [-0.1, -0.05) is 11.8 Å². The zero-order valence-electron chi connectivity index (χ0n) is 17.5. The van der Waals surface area contributed by atoms with Gasteiger partial charge in [-0.05, 0) is 60.1 Å². The van der Waals surface area contributed by atoms with E-state index in [0.29, 0.717) is 10.5 Å². The number of carbonyl (C=O) groups is 1. The molecule has 3 aromatic rings. The number of thiophene rings is 1. The van der Waals surface area contributed by atoms with E-state index in [9.17, 15) is 9.59 Å². The molecule has 3 heterocycles. The third-order valence-electron chi connectivity index (χ3n) is 5.24. The second-order valence-corrected chi connectivity index (χ2v) is 9.51. The second-order valence-electron chi connectivity index (χ2n) is 7.37. The van der Waals surface area contributed by atoms with Gasteiger partial charge in [0, 0.05) is 34.4 Å². The van der Waals surface area contributed by atoms with E-state index in [1.807, 2.05) is 47.6 Å². The molecule has 0 aliphatic carbocycles. The summed E-state index contributed by atoms with van der Waals surface area (Å²) in [5, 5.41) is 1.32. The zero-order valence-corrected chi connectivity index (χ0v) is 19.2. The van der Waals surface area contributed by atoms with Crippen LogP contribution in [0.4, 0.5) is 0 Å². The Morgan fingerprint density at radius 1 is 1.25 bits per heavy atom. The molecule has 0 radical (unpaired) electrons. The number of nitrogens with zero attached hydrogens (tertiary/aromatic N) is 3. The lowest BCUT2D eigenvalue weighted by Gasteiger charge is -2.15. The first-order valence-corrected chi connectivity index (χ1v) is 11.3. The van der Waals surface area contributed by atoms with E-state index in [2.05, 4.69) is 11.5 Å². The highest BCUT2D eigenvalue weighted by Gasteiger charge is 2.20. The summed E-state index contributed by atoms with van der Waals surface area (Å²) in [4.78, 5) is 32.6. The van der Waals surface area contributed by atoms with Gasteiger partial charge in [0.1, 0.15) is 4.83 Å². The molecule has 3 rings (SSSR count). The fourth-order valence-corrected chi connectivity index (χ4v) is 5.70. The van der Waals surface area contributed by atoms with E-state index >= 15 is 0 Å². The van der Waals surface area contributed by atoms with Crippen LogP contribution < -0.4 is 5.56 Å². The first-order valence-electron chi connectivity index (χ1n) is 9.52. The van der Waals surface area contributed by atoms with Crippen molar-refractivity contribution in [3.63, 3.8) is 0 Å². The van der Waals surface area contributed by atoms with Gasteiger partial charge >= 0.3 is 0 Å². The van der Waals surface area contributed by atoms with Gasteiger partial charge in [0.05, 0.1) is 11.1 Å². The van der Waals surface area contributed by atoms with Gasteiger partial charge in [-0.3, -0.25) is 14.2 Å². The van der Waals surface area contributed by atoms with Crippen LogP contribution in [0.3, 0.4) is 0 Å². The molecule has 0 saturated carbocycles. The molecule has 0 aliphatic heterocycles. The third kappa shape index (κ3) is 3.46. The van der Waals surface area contributed by atoms with Gasteiger partial charge in [-0.2, -0.15) is 0 Å². The van der Waals surface area contributed by atoms with Gasteiger partial charge in [0.15, 0.2) is 10.9 Å². The average molecular weight is 418 g/mol. The number of rotatable bonds is 6. The SMILES string of the molecule is CCn1c(C)cc(C(=O)CSc2nc3sc(C)c(C)c3c(=O)n2C(C)C)c1C. The maximum atomic E-state index is 13.1. The van der Waals surface area contributed by atoms with E-state index in [0.717, 1.165) is 38.8 Å². The van der Waals surface area contributed by atoms with Crippen LogP contribution in [-0.2, 0) is 6.54 Å². The number of aryl methyl sites for hydroxylation is 3. The lowest BCUT2D eigenvalue weighted by atomic mass is 10.2. The van der Waals surface area contributed by atoms with E-state index < -0.39 is 0 Å². The van der Waals surface area contributed by atoms with E-state index in [4.69, 9.17) is 4.98 Å². The molecule has 0 unspecified atom stereocenters. The Balaban J connectivity index is 1.97. The highest BCUT2D eigenvalue weighted by atomic mass is 32.2. The van der Waals surface area contributed by atoms with Crippen molar-refractivity contribution in [2.75, 3.05) is 5.75 Å². The average Bonchev–Trinajstić information content (AvgIpc) is 3.07. The summed E-state index contributed by atoms with van der Waals surface area (Å²) >= 11 is 2.90. The van der Waals surface area contributed by atoms with Gasteiger partial charge in [0.25, 0.3) is 5.56 Å². The van der Waals surface area contributed by atoms with Crippen LogP contribution in [0, 0.1) is 27.7 Å². The highest BCUT2D eigenvalue weighted by Crippen LogP contribution is 2.30. The molecule has 0 saturated heterocycles. The normalized spacial score (nSPS) is 11.7. The Labute approximate surface area is 173 Å². The van der Waals surface area contributed by atoms with Crippen molar-refractivity contribution in [3.8, 4) is 0 Å². The van der Waals surface area contributed by atoms with Crippen LogP contribution in [-0.4, -0.2) is 25.7 Å². The predicted molar refractivity (Wildman–Crippen MR) is 118 cm³/mol. The Bertz CT molecular complexity index is 1120. The van der Waals surface area contributed by atoms with Crippen LogP contribution in [0.5, 0.6) is 0 Å². The Hall–Kier alpha value is -1.86. The fourth-order valence-electron chi connectivity index (χ4n) is 3.62. The molecule has 5 nitrogen and oxygen atoms in total. The molecule has 28 heavy (non-hydrogen) atoms. The molecule has 7 heteroatoms. The van der Waals surface area contributed by atoms with Crippen molar-refractivity contribution in [1.82, 2.24) is 14.1 Å². The first kappa shape index (κ1) is 20.9. The summed E-state index contributed by atoms with van der Waals surface area (Å²) < 4.78 is 3.86. The Kier molecular flexibility index (Phi) is 5.87. The number of aromatic nitrogens is 3. The Morgan fingerprint density at radius 2 is 1.93 bits per heavy atom. The molecule has 0 amide bonds. The fraction of sp³-hybridized carbons (Fsp3) is 0.476. The highest BCUT2D eigenvalue weighted by molar-refractivity contribution is 7.99. The third-order valence-corrected chi connectivity index (χ3v) is 7.30. The minimum absolute atomic E-state index is 0.0130. The van der Waals surface area contributed by atoms with Crippen molar-refractivity contribution in [2.45, 2.75) is 66.2 Å². The number of hydrogen-bond donors (Lipinski definition) is 0. The number of hydrogen-bond acceptors (Lipinski definition) is 5. The topological polar surface area (TPSA) is 56.9 Å². The van der Waals surface area contributed by atoms with Crippen LogP contribution in [0.2, 0.25) is 0 Å².